The van der Waals surface area contributed by atoms with Crippen LogP contribution in [0.1, 0.15) is 21.5 Å². The first kappa shape index (κ1) is 17.5. The molecule has 0 N–H and O–H groups in total. The van der Waals surface area contributed by atoms with Crippen molar-refractivity contribution in [3.63, 3.8) is 0 Å². The second-order valence-corrected chi connectivity index (χ2v) is 5.74. The zero-order valence-electron chi connectivity index (χ0n) is 14.6. The fraction of sp³-hybridized carbons (Fsp3) is 0.0870. The van der Waals surface area contributed by atoms with Crippen molar-refractivity contribution >= 4 is 11.9 Å². The van der Waals surface area contributed by atoms with Gasteiger partial charge in [0.05, 0.1) is 12.7 Å². The normalized spacial score (nSPS) is 10.7. The average molecular weight is 344 g/mol. The topological polar surface area (TPSA) is 35.5 Å². The molecule has 0 spiro atoms. The molecule has 0 atom stereocenters. The quantitative estimate of drug-likeness (QED) is 0.438. The highest BCUT2D eigenvalue weighted by Crippen LogP contribution is 2.26. The fourth-order valence-electron chi connectivity index (χ4n) is 2.52. The summed E-state index contributed by atoms with van der Waals surface area (Å²) in [7, 11) is 1.58. The maximum atomic E-state index is 12.7. The summed E-state index contributed by atoms with van der Waals surface area (Å²) in [6, 6.07) is 24.8. The molecule has 0 aliphatic carbocycles. The number of benzene rings is 3. The van der Waals surface area contributed by atoms with Crippen molar-refractivity contribution in [2.75, 3.05) is 7.11 Å². The lowest BCUT2D eigenvalue weighted by molar-refractivity contribution is 0.104. The van der Waals surface area contributed by atoms with Gasteiger partial charge in [-0.25, -0.2) is 0 Å². The van der Waals surface area contributed by atoms with Gasteiger partial charge in [-0.15, -0.1) is 0 Å². The van der Waals surface area contributed by atoms with Gasteiger partial charge in [0.2, 0.25) is 0 Å². The molecule has 0 amide bonds. The third kappa shape index (κ3) is 4.61. The van der Waals surface area contributed by atoms with Gasteiger partial charge in [0, 0.05) is 0 Å². The summed E-state index contributed by atoms with van der Waals surface area (Å²) in [4.78, 5) is 12.7. The van der Waals surface area contributed by atoms with E-state index in [1.54, 1.807) is 37.5 Å². The monoisotopic (exact) mass is 344 g/mol. The number of ketones is 1. The van der Waals surface area contributed by atoms with E-state index in [0.29, 0.717) is 23.7 Å². The van der Waals surface area contributed by atoms with Crippen LogP contribution in [0, 0.1) is 0 Å². The first-order chi connectivity index (χ1) is 12.8. The van der Waals surface area contributed by atoms with E-state index in [0.717, 1.165) is 11.1 Å². The Labute approximate surface area is 153 Å². The molecule has 3 nitrogen and oxygen atoms in total. The maximum Gasteiger partial charge on any atom is 0.189 e. The minimum atomic E-state index is -0.129. The Morgan fingerprint density at radius 3 is 2.31 bits per heavy atom. The highest BCUT2D eigenvalue weighted by atomic mass is 16.5. The summed E-state index contributed by atoms with van der Waals surface area (Å²) in [5, 5.41) is 0. The largest absolute Gasteiger partial charge is 0.497 e. The third-order valence-corrected chi connectivity index (χ3v) is 3.92. The van der Waals surface area contributed by atoms with Gasteiger partial charge in [-0.3, -0.25) is 4.79 Å². The summed E-state index contributed by atoms with van der Waals surface area (Å²) in [6.45, 7) is 0.399. The van der Waals surface area contributed by atoms with E-state index in [1.807, 2.05) is 60.7 Å². The zero-order valence-corrected chi connectivity index (χ0v) is 14.6. The molecule has 0 aromatic heterocycles. The standard InChI is InChI=1S/C23H20O3/c1-25-20-13-15-23(26-17-19-10-6-3-7-11-19)21(16-20)22(24)14-12-18-8-4-2-5-9-18/h2-16H,17H2,1H3/b14-12-. The van der Waals surface area contributed by atoms with Crippen LogP contribution in [-0.4, -0.2) is 12.9 Å². The Hall–Kier alpha value is -3.33. The van der Waals surface area contributed by atoms with Crippen LogP contribution < -0.4 is 9.47 Å². The minimum absolute atomic E-state index is 0.129. The van der Waals surface area contributed by atoms with Crippen molar-refractivity contribution in [1.82, 2.24) is 0 Å². The highest BCUT2D eigenvalue weighted by molar-refractivity contribution is 6.08. The number of hydrogen-bond acceptors (Lipinski definition) is 3. The molecule has 3 aromatic carbocycles. The molecule has 26 heavy (non-hydrogen) atoms. The van der Waals surface area contributed by atoms with E-state index in [-0.39, 0.29) is 5.78 Å². The fourth-order valence-corrected chi connectivity index (χ4v) is 2.52. The Kier molecular flexibility index (Phi) is 5.84. The molecule has 0 saturated heterocycles. The Morgan fingerprint density at radius 1 is 0.923 bits per heavy atom. The molecule has 0 aliphatic heterocycles. The van der Waals surface area contributed by atoms with Gasteiger partial charge in [-0.1, -0.05) is 66.7 Å². The number of hydrogen-bond donors (Lipinski definition) is 0. The number of rotatable bonds is 7. The number of methoxy groups -OCH3 is 1. The molecule has 0 saturated carbocycles. The van der Waals surface area contributed by atoms with Crippen molar-refractivity contribution in [2.24, 2.45) is 0 Å². The molecule has 0 bridgehead atoms. The Bertz CT molecular complexity index is 884. The number of carbonyl (C=O) groups excluding carboxylic acids is 1. The molecule has 3 aromatic rings. The van der Waals surface area contributed by atoms with Crippen LogP contribution >= 0.6 is 0 Å². The van der Waals surface area contributed by atoms with E-state index in [1.165, 1.54) is 0 Å². The molecular formula is C23H20O3. The van der Waals surface area contributed by atoms with Crippen LogP contribution in [-0.2, 0) is 6.61 Å². The predicted molar refractivity (Wildman–Crippen MR) is 104 cm³/mol. The lowest BCUT2D eigenvalue weighted by atomic mass is 10.1. The van der Waals surface area contributed by atoms with Crippen molar-refractivity contribution in [1.29, 1.82) is 0 Å². The highest BCUT2D eigenvalue weighted by Gasteiger charge is 2.12. The van der Waals surface area contributed by atoms with Crippen LogP contribution in [0.25, 0.3) is 6.08 Å². The number of allylic oxidation sites excluding steroid dienone is 1. The van der Waals surface area contributed by atoms with Crippen molar-refractivity contribution in [3.8, 4) is 11.5 Å². The first-order valence-corrected chi connectivity index (χ1v) is 8.38. The van der Waals surface area contributed by atoms with E-state index < -0.39 is 0 Å². The lowest BCUT2D eigenvalue weighted by Crippen LogP contribution is -2.03. The van der Waals surface area contributed by atoms with Gasteiger partial charge in [0.15, 0.2) is 5.78 Å². The van der Waals surface area contributed by atoms with Crippen LogP contribution in [0.3, 0.4) is 0 Å². The maximum absolute atomic E-state index is 12.7. The smallest absolute Gasteiger partial charge is 0.189 e. The first-order valence-electron chi connectivity index (χ1n) is 8.38. The summed E-state index contributed by atoms with van der Waals surface area (Å²) in [6.07, 6.45) is 3.35. The summed E-state index contributed by atoms with van der Waals surface area (Å²) >= 11 is 0. The predicted octanol–water partition coefficient (Wildman–Crippen LogP) is 5.17. The van der Waals surface area contributed by atoms with Gasteiger partial charge in [0.25, 0.3) is 0 Å². The van der Waals surface area contributed by atoms with Gasteiger partial charge >= 0.3 is 0 Å². The van der Waals surface area contributed by atoms with E-state index in [2.05, 4.69) is 0 Å². The minimum Gasteiger partial charge on any atom is -0.497 e. The molecule has 3 heteroatoms. The molecule has 0 heterocycles. The molecule has 0 aliphatic rings. The zero-order chi connectivity index (χ0) is 18.2. The van der Waals surface area contributed by atoms with Gasteiger partial charge < -0.3 is 9.47 Å². The number of carbonyl (C=O) groups is 1. The van der Waals surface area contributed by atoms with E-state index >= 15 is 0 Å². The molecular weight excluding hydrogens is 324 g/mol. The van der Waals surface area contributed by atoms with E-state index in [4.69, 9.17) is 9.47 Å². The van der Waals surface area contributed by atoms with E-state index in [9.17, 15) is 4.79 Å². The van der Waals surface area contributed by atoms with Gasteiger partial charge in [0.1, 0.15) is 18.1 Å². The van der Waals surface area contributed by atoms with Crippen molar-refractivity contribution < 1.29 is 14.3 Å². The molecule has 0 unspecified atom stereocenters. The molecule has 3 rings (SSSR count). The second-order valence-electron chi connectivity index (χ2n) is 5.74. The van der Waals surface area contributed by atoms with Gasteiger partial charge in [-0.2, -0.15) is 0 Å². The summed E-state index contributed by atoms with van der Waals surface area (Å²) in [5.74, 6) is 1.03. The molecule has 130 valence electrons. The van der Waals surface area contributed by atoms with Gasteiger partial charge in [-0.05, 0) is 35.4 Å². The average Bonchev–Trinajstić information content (AvgIpc) is 2.72. The Morgan fingerprint density at radius 2 is 1.62 bits per heavy atom. The van der Waals surface area contributed by atoms with Crippen molar-refractivity contribution in [2.45, 2.75) is 6.61 Å². The summed E-state index contributed by atoms with van der Waals surface area (Å²) < 4.78 is 11.1. The van der Waals surface area contributed by atoms with Crippen molar-refractivity contribution in [3.05, 3.63) is 102 Å². The summed E-state index contributed by atoms with van der Waals surface area (Å²) in [5.41, 5.74) is 2.49. The third-order valence-electron chi connectivity index (χ3n) is 3.92. The lowest BCUT2D eigenvalue weighted by Gasteiger charge is -2.11. The molecule has 0 fully saturated rings. The molecule has 0 radical (unpaired) electrons. The SMILES string of the molecule is COc1ccc(OCc2ccccc2)c(C(=O)/C=C\c2ccccc2)c1. The Balaban J connectivity index is 1.81. The number of ether oxygens (including phenoxy) is 2. The van der Waals surface area contributed by atoms with Crippen LogP contribution in [0.5, 0.6) is 11.5 Å². The van der Waals surface area contributed by atoms with Crippen LogP contribution in [0.15, 0.2) is 84.9 Å². The second kappa shape index (κ2) is 8.67. The van der Waals surface area contributed by atoms with Crippen LogP contribution in [0.2, 0.25) is 0 Å². The van der Waals surface area contributed by atoms with Crippen LogP contribution in [0.4, 0.5) is 0 Å².